The molecule has 0 radical (unpaired) electrons. The Morgan fingerprint density at radius 1 is 1.22 bits per heavy atom. The first kappa shape index (κ1) is 15.1. The van der Waals surface area contributed by atoms with Crippen molar-refractivity contribution in [1.29, 1.82) is 0 Å². The van der Waals surface area contributed by atoms with Gasteiger partial charge in [-0.1, -0.05) is 29.4 Å². The Morgan fingerprint density at radius 3 is 2.96 bits per heavy atom. The molecule has 118 valence electrons. The fourth-order valence-electron chi connectivity index (χ4n) is 2.34. The number of hydrogen-bond donors (Lipinski definition) is 1. The minimum absolute atomic E-state index is 0.100. The second kappa shape index (κ2) is 6.96. The van der Waals surface area contributed by atoms with Gasteiger partial charge in [0.05, 0.1) is 13.0 Å². The zero-order chi connectivity index (χ0) is 16.1. The maximum atomic E-state index is 12.0. The monoisotopic (exact) mass is 310 g/mol. The largest absolute Gasteiger partial charge is 0.492 e. The van der Waals surface area contributed by atoms with Gasteiger partial charge in [0.15, 0.2) is 5.58 Å². The average molecular weight is 310 g/mol. The van der Waals surface area contributed by atoms with Crippen molar-refractivity contribution in [3.8, 4) is 5.75 Å². The number of carbonyl (C=O) groups is 1. The third-order valence-corrected chi connectivity index (χ3v) is 3.46. The van der Waals surface area contributed by atoms with E-state index in [2.05, 4.69) is 10.5 Å². The van der Waals surface area contributed by atoms with Crippen molar-refractivity contribution in [2.24, 2.45) is 0 Å². The van der Waals surface area contributed by atoms with Crippen molar-refractivity contribution < 1.29 is 14.1 Å². The molecule has 0 bridgehead atoms. The number of nitrogens with one attached hydrogen (secondary N) is 1. The van der Waals surface area contributed by atoms with Gasteiger partial charge in [-0.15, -0.1) is 0 Å². The first-order chi connectivity index (χ1) is 11.2. The molecule has 2 aromatic carbocycles. The summed E-state index contributed by atoms with van der Waals surface area (Å²) in [6.07, 6.45) is 0.196. The molecule has 0 aliphatic rings. The van der Waals surface area contributed by atoms with E-state index in [0.717, 1.165) is 16.7 Å². The molecule has 1 amide bonds. The first-order valence-electron chi connectivity index (χ1n) is 7.52. The van der Waals surface area contributed by atoms with E-state index in [1.807, 2.05) is 55.5 Å². The van der Waals surface area contributed by atoms with Crippen LogP contribution in [0.5, 0.6) is 5.75 Å². The molecule has 0 aliphatic heterocycles. The van der Waals surface area contributed by atoms with E-state index in [1.54, 1.807) is 0 Å². The predicted octanol–water partition coefficient (Wildman–Crippen LogP) is 2.87. The Hall–Kier alpha value is -2.82. The van der Waals surface area contributed by atoms with Crippen molar-refractivity contribution >= 4 is 16.9 Å². The van der Waals surface area contributed by atoms with Crippen molar-refractivity contribution in [1.82, 2.24) is 10.5 Å². The number of benzene rings is 2. The van der Waals surface area contributed by atoms with Gasteiger partial charge in [-0.3, -0.25) is 4.79 Å². The number of aromatic nitrogens is 1. The molecule has 1 heterocycles. The van der Waals surface area contributed by atoms with Gasteiger partial charge < -0.3 is 14.6 Å². The lowest BCUT2D eigenvalue weighted by molar-refractivity contribution is -0.120. The summed E-state index contributed by atoms with van der Waals surface area (Å²) >= 11 is 0. The average Bonchev–Trinajstić information content (AvgIpc) is 2.95. The minimum atomic E-state index is -0.100. The zero-order valence-corrected chi connectivity index (χ0v) is 12.9. The lowest BCUT2D eigenvalue weighted by Gasteiger charge is -2.07. The molecule has 0 spiro atoms. The van der Waals surface area contributed by atoms with Crippen molar-refractivity contribution in [2.75, 3.05) is 13.2 Å². The summed E-state index contributed by atoms with van der Waals surface area (Å²) in [5.74, 6) is 0.707. The molecule has 0 fully saturated rings. The lowest BCUT2D eigenvalue weighted by Crippen LogP contribution is -2.29. The normalized spacial score (nSPS) is 10.7. The van der Waals surface area contributed by atoms with Gasteiger partial charge >= 0.3 is 0 Å². The number of rotatable bonds is 6. The van der Waals surface area contributed by atoms with Crippen molar-refractivity contribution in [2.45, 2.75) is 13.3 Å². The van der Waals surface area contributed by atoms with E-state index in [0.29, 0.717) is 24.4 Å². The highest BCUT2D eigenvalue weighted by Gasteiger charge is 2.11. The number of amides is 1. The zero-order valence-electron chi connectivity index (χ0n) is 12.9. The van der Waals surface area contributed by atoms with Crippen LogP contribution in [0.25, 0.3) is 11.0 Å². The quantitative estimate of drug-likeness (QED) is 0.711. The molecule has 1 aromatic heterocycles. The first-order valence-corrected chi connectivity index (χ1v) is 7.52. The molecule has 1 N–H and O–H groups in total. The van der Waals surface area contributed by atoms with E-state index in [-0.39, 0.29) is 12.3 Å². The summed E-state index contributed by atoms with van der Waals surface area (Å²) in [5, 5.41) is 7.65. The molecule has 3 rings (SSSR count). The van der Waals surface area contributed by atoms with Gasteiger partial charge in [0.25, 0.3) is 0 Å². The summed E-state index contributed by atoms with van der Waals surface area (Å²) in [5.41, 5.74) is 2.49. The second-order valence-corrected chi connectivity index (χ2v) is 5.32. The molecule has 5 nitrogen and oxygen atoms in total. The Bertz CT molecular complexity index is 811. The summed E-state index contributed by atoms with van der Waals surface area (Å²) in [6, 6.07) is 15.3. The van der Waals surface area contributed by atoms with Crippen LogP contribution in [0.1, 0.15) is 11.3 Å². The number of para-hydroxylation sites is 1. The molecule has 0 atom stereocenters. The van der Waals surface area contributed by atoms with Crippen LogP contribution in [0, 0.1) is 6.92 Å². The fourth-order valence-corrected chi connectivity index (χ4v) is 2.34. The van der Waals surface area contributed by atoms with Crippen LogP contribution in [0.2, 0.25) is 0 Å². The number of nitrogens with zero attached hydrogens (tertiary/aromatic N) is 1. The molecule has 3 aromatic rings. The van der Waals surface area contributed by atoms with Crippen LogP contribution in [0.15, 0.2) is 53.1 Å². The molecular formula is C18H18N2O3. The smallest absolute Gasteiger partial charge is 0.226 e. The number of carbonyl (C=O) groups excluding carboxylic acids is 1. The fraction of sp³-hybridized carbons (Fsp3) is 0.222. The Kier molecular flexibility index (Phi) is 4.57. The number of ether oxygens (including phenoxy) is 1. The van der Waals surface area contributed by atoms with Gasteiger partial charge in [-0.2, -0.15) is 0 Å². The van der Waals surface area contributed by atoms with E-state index in [1.165, 1.54) is 0 Å². The molecule has 0 saturated carbocycles. The highest BCUT2D eigenvalue weighted by molar-refractivity contribution is 5.86. The number of hydrogen-bond acceptors (Lipinski definition) is 4. The molecular weight excluding hydrogens is 292 g/mol. The van der Waals surface area contributed by atoms with E-state index in [4.69, 9.17) is 9.26 Å². The third kappa shape index (κ3) is 3.88. The highest BCUT2D eigenvalue weighted by Crippen LogP contribution is 2.18. The van der Waals surface area contributed by atoms with Crippen molar-refractivity contribution in [3.63, 3.8) is 0 Å². The van der Waals surface area contributed by atoms with E-state index in [9.17, 15) is 4.79 Å². The number of fused-ring (bicyclic) bond motifs is 1. The van der Waals surface area contributed by atoms with Crippen LogP contribution in [-0.2, 0) is 11.2 Å². The predicted molar refractivity (Wildman–Crippen MR) is 87.4 cm³/mol. The summed E-state index contributed by atoms with van der Waals surface area (Å²) in [4.78, 5) is 12.0. The van der Waals surface area contributed by atoms with Gasteiger partial charge in [0, 0.05) is 5.39 Å². The topological polar surface area (TPSA) is 64.4 Å². The van der Waals surface area contributed by atoms with Gasteiger partial charge in [-0.05, 0) is 36.8 Å². The van der Waals surface area contributed by atoms with E-state index >= 15 is 0 Å². The van der Waals surface area contributed by atoms with Crippen molar-refractivity contribution in [3.05, 3.63) is 59.8 Å². The Morgan fingerprint density at radius 2 is 2.09 bits per heavy atom. The van der Waals surface area contributed by atoms with E-state index < -0.39 is 0 Å². The van der Waals surface area contributed by atoms with Gasteiger partial charge in [0.2, 0.25) is 5.91 Å². The molecule has 5 heteroatoms. The summed E-state index contributed by atoms with van der Waals surface area (Å²) < 4.78 is 10.8. The maximum absolute atomic E-state index is 12.0. The highest BCUT2D eigenvalue weighted by atomic mass is 16.5. The molecule has 0 unspecified atom stereocenters. The van der Waals surface area contributed by atoms with Gasteiger partial charge in [-0.25, -0.2) is 0 Å². The van der Waals surface area contributed by atoms with Crippen LogP contribution < -0.4 is 10.1 Å². The Labute approximate surface area is 134 Å². The minimum Gasteiger partial charge on any atom is -0.492 e. The molecule has 0 aliphatic carbocycles. The number of aryl methyl sites for hydroxylation is 1. The summed E-state index contributed by atoms with van der Waals surface area (Å²) in [7, 11) is 0. The van der Waals surface area contributed by atoms with Crippen LogP contribution >= 0.6 is 0 Å². The Balaban J connectivity index is 1.46. The maximum Gasteiger partial charge on any atom is 0.226 e. The lowest BCUT2D eigenvalue weighted by atomic mass is 10.1. The summed E-state index contributed by atoms with van der Waals surface area (Å²) in [6.45, 7) is 2.88. The van der Waals surface area contributed by atoms with Crippen LogP contribution in [0.4, 0.5) is 0 Å². The molecule has 0 saturated heterocycles. The third-order valence-electron chi connectivity index (χ3n) is 3.46. The molecule has 23 heavy (non-hydrogen) atoms. The van der Waals surface area contributed by atoms with Crippen LogP contribution in [0.3, 0.4) is 0 Å². The van der Waals surface area contributed by atoms with Gasteiger partial charge in [0.1, 0.15) is 18.1 Å². The SMILES string of the molecule is Cc1cccc(OCCNC(=O)Cc2noc3ccccc23)c1. The van der Waals surface area contributed by atoms with Crippen LogP contribution in [-0.4, -0.2) is 24.2 Å². The standard InChI is InChI=1S/C18H18N2O3/c1-13-5-4-6-14(11-13)22-10-9-19-18(21)12-16-15-7-2-3-8-17(15)23-20-16/h2-8,11H,9-10,12H2,1H3,(H,19,21). The second-order valence-electron chi connectivity index (χ2n) is 5.32.